The van der Waals surface area contributed by atoms with Crippen LogP contribution in [-0.2, 0) is 4.79 Å². The second kappa shape index (κ2) is 6.18. The van der Waals surface area contributed by atoms with Crippen molar-refractivity contribution >= 4 is 5.78 Å². The summed E-state index contributed by atoms with van der Waals surface area (Å²) in [5.74, 6) is 0.682. The summed E-state index contributed by atoms with van der Waals surface area (Å²) in [7, 11) is 3.88. The van der Waals surface area contributed by atoms with Crippen molar-refractivity contribution in [1.82, 2.24) is 4.90 Å². The zero-order valence-corrected chi connectivity index (χ0v) is 8.76. The molecule has 0 saturated carbocycles. The van der Waals surface area contributed by atoms with Crippen LogP contribution in [0.2, 0.25) is 0 Å². The second-order valence-electron chi connectivity index (χ2n) is 3.60. The van der Waals surface area contributed by atoms with Crippen molar-refractivity contribution in [2.24, 2.45) is 5.92 Å². The molecule has 0 bridgehead atoms. The summed E-state index contributed by atoms with van der Waals surface area (Å²) in [6, 6.07) is 0. The first-order valence-corrected chi connectivity index (χ1v) is 4.79. The molecule has 72 valence electrons. The zero-order chi connectivity index (χ0) is 9.56. The summed E-state index contributed by atoms with van der Waals surface area (Å²) in [4.78, 5) is 13.5. The van der Waals surface area contributed by atoms with Gasteiger partial charge in [-0.2, -0.15) is 0 Å². The highest BCUT2D eigenvalue weighted by Gasteiger charge is 2.15. The predicted octanol–water partition coefficient (Wildman–Crippen LogP) is 1.94. The molecular weight excluding hydrogens is 150 g/mol. The minimum Gasteiger partial charge on any atom is -0.302 e. The quantitative estimate of drug-likeness (QED) is 0.608. The van der Waals surface area contributed by atoms with Crippen molar-refractivity contribution in [3.63, 3.8) is 0 Å². The van der Waals surface area contributed by atoms with E-state index in [0.29, 0.717) is 12.3 Å². The van der Waals surface area contributed by atoms with Gasteiger partial charge in [0.1, 0.15) is 5.78 Å². The van der Waals surface area contributed by atoms with Gasteiger partial charge in [-0.1, -0.05) is 20.3 Å². The van der Waals surface area contributed by atoms with Crippen molar-refractivity contribution in [3.05, 3.63) is 0 Å². The van der Waals surface area contributed by atoms with E-state index in [1.165, 1.54) is 0 Å². The first-order valence-electron chi connectivity index (χ1n) is 4.79. The van der Waals surface area contributed by atoms with E-state index in [1.54, 1.807) is 0 Å². The smallest absolute Gasteiger partial charge is 0.149 e. The van der Waals surface area contributed by atoms with Crippen LogP contribution in [0, 0.1) is 5.92 Å². The molecule has 0 rings (SSSR count). The Morgan fingerprint density at radius 3 is 2.25 bits per heavy atom. The van der Waals surface area contributed by atoms with Gasteiger partial charge < -0.3 is 4.90 Å². The number of carbonyl (C=O) groups excluding carboxylic acids is 1. The number of likely N-dealkylation sites (N-methyl/N-ethyl adjacent to an activating group) is 1. The minimum absolute atomic E-state index is 0.289. The van der Waals surface area contributed by atoms with E-state index in [0.717, 1.165) is 19.3 Å². The van der Waals surface area contributed by atoms with Crippen LogP contribution in [0.25, 0.3) is 0 Å². The number of rotatable bonds is 6. The molecule has 0 spiro atoms. The normalized spacial score (nSPS) is 13.4. The van der Waals surface area contributed by atoms with Crippen molar-refractivity contribution < 1.29 is 4.79 Å². The van der Waals surface area contributed by atoms with E-state index < -0.39 is 0 Å². The van der Waals surface area contributed by atoms with Gasteiger partial charge in [0.05, 0.1) is 6.54 Å². The van der Waals surface area contributed by atoms with Gasteiger partial charge in [0.2, 0.25) is 0 Å². The first-order chi connectivity index (χ1) is 5.61. The molecule has 0 N–H and O–H groups in total. The lowest BCUT2D eigenvalue weighted by Crippen LogP contribution is -2.27. The lowest BCUT2D eigenvalue weighted by molar-refractivity contribution is -0.123. The summed E-state index contributed by atoms with van der Waals surface area (Å²) < 4.78 is 0. The van der Waals surface area contributed by atoms with Crippen LogP contribution in [-0.4, -0.2) is 31.3 Å². The highest BCUT2D eigenvalue weighted by Crippen LogP contribution is 2.11. The van der Waals surface area contributed by atoms with Crippen LogP contribution in [0.5, 0.6) is 0 Å². The van der Waals surface area contributed by atoms with Gasteiger partial charge in [-0.25, -0.2) is 0 Å². The Hall–Kier alpha value is -0.370. The van der Waals surface area contributed by atoms with Gasteiger partial charge >= 0.3 is 0 Å². The molecule has 2 heteroatoms. The van der Waals surface area contributed by atoms with Gasteiger partial charge in [0.15, 0.2) is 0 Å². The van der Waals surface area contributed by atoms with Crippen LogP contribution >= 0.6 is 0 Å². The van der Waals surface area contributed by atoms with Crippen LogP contribution in [0.15, 0.2) is 0 Å². The molecular formula is C10H21NO. The molecule has 0 aromatic carbocycles. The Morgan fingerprint density at radius 1 is 1.33 bits per heavy atom. The van der Waals surface area contributed by atoms with Gasteiger partial charge in [-0.05, 0) is 26.9 Å². The summed E-state index contributed by atoms with van der Waals surface area (Å²) >= 11 is 0. The number of Topliss-reactive ketones (excluding diaryl/α,β-unsaturated/α-hetero) is 1. The van der Waals surface area contributed by atoms with Crippen LogP contribution in [0.3, 0.4) is 0 Å². The molecule has 0 aliphatic carbocycles. The molecule has 0 radical (unpaired) electrons. The fourth-order valence-corrected chi connectivity index (χ4v) is 1.38. The standard InChI is InChI=1S/C10H21NO/c1-5-7-9(6-2)10(12)8-11(3)4/h9H,5-8H2,1-4H3. The average Bonchev–Trinajstić information content (AvgIpc) is 1.98. The highest BCUT2D eigenvalue weighted by molar-refractivity contribution is 5.82. The third kappa shape index (κ3) is 4.50. The third-order valence-corrected chi connectivity index (χ3v) is 2.06. The van der Waals surface area contributed by atoms with E-state index in [-0.39, 0.29) is 5.92 Å². The Morgan fingerprint density at radius 2 is 1.92 bits per heavy atom. The van der Waals surface area contributed by atoms with E-state index >= 15 is 0 Å². The van der Waals surface area contributed by atoms with E-state index in [9.17, 15) is 4.79 Å². The number of nitrogens with zero attached hydrogens (tertiary/aromatic N) is 1. The maximum Gasteiger partial charge on any atom is 0.149 e. The van der Waals surface area contributed by atoms with Gasteiger partial charge in [-0.15, -0.1) is 0 Å². The largest absolute Gasteiger partial charge is 0.302 e. The molecule has 0 amide bonds. The minimum atomic E-state index is 0.289. The molecule has 1 unspecified atom stereocenters. The number of hydrogen-bond acceptors (Lipinski definition) is 2. The molecule has 2 nitrogen and oxygen atoms in total. The predicted molar refractivity (Wildman–Crippen MR) is 52.3 cm³/mol. The zero-order valence-electron chi connectivity index (χ0n) is 8.76. The highest BCUT2D eigenvalue weighted by atomic mass is 16.1. The van der Waals surface area contributed by atoms with Gasteiger partial charge in [-0.3, -0.25) is 4.79 Å². The molecule has 0 fully saturated rings. The molecule has 1 atom stereocenters. The molecule has 0 saturated heterocycles. The van der Waals surface area contributed by atoms with Crippen molar-refractivity contribution in [2.75, 3.05) is 20.6 Å². The Balaban J connectivity index is 3.85. The topological polar surface area (TPSA) is 20.3 Å². The first kappa shape index (κ1) is 11.6. The van der Waals surface area contributed by atoms with Gasteiger partial charge in [0, 0.05) is 5.92 Å². The molecule has 0 aliphatic rings. The van der Waals surface area contributed by atoms with E-state index in [2.05, 4.69) is 13.8 Å². The Kier molecular flexibility index (Phi) is 5.99. The van der Waals surface area contributed by atoms with Crippen LogP contribution < -0.4 is 0 Å². The van der Waals surface area contributed by atoms with Crippen molar-refractivity contribution in [2.45, 2.75) is 33.1 Å². The molecule has 0 aliphatic heterocycles. The fourth-order valence-electron chi connectivity index (χ4n) is 1.38. The second-order valence-corrected chi connectivity index (χ2v) is 3.60. The summed E-state index contributed by atoms with van der Waals surface area (Å²) in [6.07, 6.45) is 3.14. The SMILES string of the molecule is CCCC(CC)C(=O)CN(C)C. The Bertz CT molecular complexity index is 132. The third-order valence-electron chi connectivity index (χ3n) is 2.06. The average molecular weight is 171 g/mol. The van der Waals surface area contributed by atoms with Crippen LogP contribution in [0.4, 0.5) is 0 Å². The van der Waals surface area contributed by atoms with E-state index in [4.69, 9.17) is 0 Å². The van der Waals surface area contributed by atoms with Gasteiger partial charge in [0.25, 0.3) is 0 Å². The lowest BCUT2D eigenvalue weighted by atomic mass is 9.96. The fraction of sp³-hybridized carbons (Fsp3) is 0.900. The van der Waals surface area contributed by atoms with Crippen LogP contribution in [0.1, 0.15) is 33.1 Å². The maximum absolute atomic E-state index is 11.5. The van der Waals surface area contributed by atoms with Crippen molar-refractivity contribution in [1.29, 1.82) is 0 Å². The lowest BCUT2D eigenvalue weighted by Gasteiger charge is -2.15. The summed E-state index contributed by atoms with van der Waals surface area (Å²) in [5, 5.41) is 0. The summed E-state index contributed by atoms with van der Waals surface area (Å²) in [5.41, 5.74) is 0. The molecule has 0 heterocycles. The Labute approximate surface area is 75.9 Å². The molecule has 0 aromatic heterocycles. The van der Waals surface area contributed by atoms with Crippen molar-refractivity contribution in [3.8, 4) is 0 Å². The monoisotopic (exact) mass is 171 g/mol. The van der Waals surface area contributed by atoms with E-state index in [1.807, 2.05) is 19.0 Å². The summed E-state index contributed by atoms with van der Waals surface area (Å²) in [6.45, 7) is 4.82. The number of carbonyl (C=O) groups is 1. The number of hydrogen-bond donors (Lipinski definition) is 0. The molecule has 0 aromatic rings. The molecule has 12 heavy (non-hydrogen) atoms. The maximum atomic E-state index is 11.5. The number of ketones is 1.